The van der Waals surface area contributed by atoms with E-state index in [1.54, 1.807) is 0 Å². The zero-order valence-corrected chi connectivity index (χ0v) is 14.6. The van der Waals surface area contributed by atoms with Crippen LogP contribution in [0.4, 0.5) is 5.69 Å². The summed E-state index contributed by atoms with van der Waals surface area (Å²) in [4.78, 5) is 13.7. The largest absolute Gasteiger partial charge is 0.493 e. The van der Waals surface area contributed by atoms with E-state index in [0.717, 1.165) is 44.0 Å². The second-order valence-electron chi connectivity index (χ2n) is 6.88. The molecule has 4 rings (SSSR count). The highest BCUT2D eigenvalue weighted by molar-refractivity contribution is 5.95. The molecule has 4 heteroatoms. The summed E-state index contributed by atoms with van der Waals surface area (Å²) in [6.07, 6.45) is 2.64. The number of amides is 1. The van der Waals surface area contributed by atoms with E-state index >= 15 is 0 Å². The Labute approximate surface area is 148 Å². The zero-order valence-electron chi connectivity index (χ0n) is 14.6. The Morgan fingerprint density at radius 1 is 1.16 bits per heavy atom. The van der Waals surface area contributed by atoms with Crippen LogP contribution in [0.15, 0.2) is 42.5 Å². The van der Waals surface area contributed by atoms with Crippen LogP contribution < -0.4 is 15.0 Å². The molecule has 2 aliphatic heterocycles. The Morgan fingerprint density at radius 2 is 2.00 bits per heavy atom. The highest BCUT2D eigenvalue weighted by Gasteiger charge is 2.21. The van der Waals surface area contributed by atoms with Crippen LogP contribution in [0.5, 0.6) is 5.75 Å². The summed E-state index contributed by atoms with van der Waals surface area (Å²) in [5, 5.41) is 3.58. The molecule has 1 fully saturated rings. The van der Waals surface area contributed by atoms with E-state index < -0.39 is 0 Å². The second kappa shape index (κ2) is 6.89. The summed E-state index contributed by atoms with van der Waals surface area (Å²) in [5.74, 6) is 1.27. The van der Waals surface area contributed by atoms with Crippen LogP contribution in [0.1, 0.15) is 42.5 Å². The molecule has 1 saturated heterocycles. The fraction of sp³-hybridized carbons (Fsp3) is 0.381. The average molecular weight is 336 g/mol. The van der Waals surface area contributed by atoms with Gasteiger partial charge in [0.25, 0.3) is 0 Å². The lowest BCUT2D eigenvalue weighted by Gasteiger charge is -2.18. The van der Waals surface area contributed by atoms with Crippen molar-refractivity contribution in [2.24, 2.45) is 0 Å². The SMILES string of the molecule is C[C@H](NCc1ccc2c(c1)CCO2)c1ccc(N2CCCC2=O)cc1. The van der Waals surface area contributed by atoms with E-state index in [2.05, 4.69) is 54.7 Å². The quantitative estimate of drug-likeness (QED) is 0.907. The molecule has 130 valence electrons. The molecule has 2 aromatic rings. The van der Waals surface area contributed by atoms with Crippen LogP contribution in [0.3, 0.4) is 0 Å². The Kier molecular flexibility index (Phi) is 4.45. The van der Waals surface area contributed by atoms with Gasteiger partial charge in [0.1, 0.15) is 5.75 Å². The van der Waals surface area contributed by atoms with Crippen LogP contribution in [0.25, 0.3) is 0 Å². The van der Waals surface area contributed by atoms with Crippen molar-refractivity contribution >= 4 is 11.6 Å². The van der Waals surface area contributed by atoms with Gasteiger partial charge < -0.3 is 15.0 Å². The zero-order chi connectivity index (χ0) is 17.2. The predicted octanol–water partition coefficient (Wildman–Crippen LogP) is 3.60. The van der Waals surface area contributed by atoms with Gasteiger partial charge in [0, 0.05) is 37.7 Å². The standard InChI is InChI=1S/C21H24N2O2/c1-15(22-14-16-4-9-20-18(13-16)10-12-25-20)17-5-7-19(8-6-17)23-11-2-3-21(23)24/h4-9,13,15,22H,2-3,10-12,14H2,1H3/t15-/m0/s1. The lowest BCUT2D eigenvalue weighted by Crippen LogP contribution is -2.23. The number of fused-ring (bicyclic) bond motifs is 1. The fourth-order valence-electron chi connectivity index (χ4n) is 3.60. The molecule has 2 aliphatic rings. The average Bonchev–Trinajstić information content (AvgIpc) is 3.28. The maximum atomic E-state index is 11.8. The Balaban J connectivity index is 1.37. The van der Waals surface area contributed by atoms with Crippen molar-refractivity contribution in [2.75, 3.05) is 18.1 Å². The minimum atomic E-state index is 0.236. The van der Waals surface area contributed by atoms with Gasteiger partial charge in [0.05, 0.1) is 6.61 Å². The number of nitrogens with one attached hydrogen (secondary N) is 1. The minimum Gasteiger partial charge on any atom is -0.493 e. The second-order valence-corrected chi connectivity index (χ2v) is 6.88. The van der Waals surface area contributed by atoms with Crippen molar-refractivity contribution in [2.45, 2.75) is 38.8 Å². The molecule has 25 heavy (non-hydrogen) atoms. The van der Waals surface area contributed by atoms with E-state index in [1.807, 2.05) is 4.90 Å². The molecule has 0 saturated carbocycles. The Bertz CT molecular complexity index is 770. The Morgan fingerprint density at radius 3 is 2.76 bits per heavy atom. The molecule has 0 spiro atoms. The summed E-state index contributed by atoms with van der Waals surface area (Å²) in [7, 11) is 0. The van der Waals surface area contributed by atoms with Crippen LogP contribution in [-0.4, -0.2) is 19.1 Å². The molecule has 0 radical (unpaired) electrons. The van der Waals surface area contributed by atoms with Crippen molar-refractivity contribution in [1.82, 2.24) is 5.32 Å². The summed E-state index contributed by atoms with van der Waals surface area (Å²) in [5.41, 5.74) is 4.85. The third kappa shape index (κ3) is 3.40. The molecule has 1 amide bonds. The number of rotatable bonds is 5. The number of benzene rings is 2. The monoisotopic (exact) mass is 336 g/mol. The predicted molar refractivity (Wildman–Crippen MR) is 98.9 cm³/mol. The van der Waals surface area contributed by atoms with Crippen molar-refractivity contribution in [3.05, 3.63) is 59.2 Å². The number of anilines is 1. The van der Waals surface area contributed by atoms with Gasteiger partial charge >= 0.3 is 0 Å². The van der Waals surface area contributed by atoms with Crippen LogP contribution in [-0.2, 0) is 17.8 Å². The number of hydrogen-bond donors (Lipinski definition) is 1. The van der Waals surface area contributed by atoms with Gasteiger partial charge in [-0.25, -0.2) is 0 Å². The van der Waals surface area contributed by atoms with E-state index in [4.69, 9.17) is 4.74 Å². The van der Waals surface area contributed by atoms with Crippen molar-refractivity contribution in [3.63, 3.8) is 0 Å². The summed E-state index contributed by atoms with van der Waals surface area (Å²) >= 11 is 0. The van der Waals surface area contributed by atoms with Crippen molar-refractivity contribution in [3.8, 4) is 5.75 Å². The smallest absolute Gasteiger partial charge is 0.227 e. The third-order valence-electron chi connectivity index (χ3n) is 5.14. The number of nitrogens with zero attached hydrogens (tertiary/aromatic N) is 1. The van der Waals surface area contributed by atoms with Gasteiger partial charge in [0.2, 0.25) is 5.91 Å². The van der Waals surface area contributed by atoms with Crippen molar-refractivity contribution in [1.29, 1.82) is 0 Å². The summed E-state index contributed by atoms with van der Waals surface area (Å²) < 4.78 is 5.56. The third-order valence-corrected chi connectivity index (χ3v) is 5.14. The normalized spacial score (nSPS) is 17.5. The summed E-state index contributed by atoms with van der Waals surface area (Å²) in [6, 6.07) is 15.1. The molecular weight excluding hydrogens is 312 g/mol. The van der Waals surface area contributed by atoms with Gasteiger partial charge in [-0.1, -0.05) is 24.3 Å². The fourth-order valence-corrected chi connectivity index (χ4v) is 3.60. The number of hydrogen-bond acceptors (Lipinski definition) is 3. The molecule has 4 nitrogen and oxygen atoms in total. The maximum Gasteiger partial charge on any atom is 0.227 e. The van der Waals surface area contributed by atoms with Crippen molar-refractivity contribution < 1.29 is 9.53 Å². The van der Waals surface area contributed by atoms with Gasteiger partial charge in [-0.3, -0.25) is 4.79 Å². The van der Waals surface area contributed by atoms with E-state index in [1.165, 1.54) is 16.7 Å². The molecule has 1 N–H and O–H groups in total. The molecule has 0 bridgehead atoms. The van der Waals surface area contributed by atoms with Gasteiger partial charge in [-0.05, 0) is 48.2 Å². The highest BCUT2D eigenvalue weighted by Crippen LogP contribution is 2.27. The Hall–Kier alpha value is -2.33. The van der Waals surface area contributed by atoms with Crippen LogP contribution in [0.2, 0.25) is 0 Å². The highest BCUT2D eigenvalue weighted by atomic mass is 16.5. The van der Waals surface area contributed by atoms with Crippen LogP contribution in [0, 0.1) is 0 Å². The molecule has 0 aromatic heterocycles. The lowest BCUT2D eigenvalue weighted by atomic mass is 10.1. The van der Waals surface area contributed by atoms with Gasteiger partial charge in [-0.15, -0.1) is 0 Å². The van der Waals surface area contributed by atoms with Gasteiger partial charge in [0.15, 0.2) is 0 Å². The first kappa shape index (κ1) is 16.2. The molecule has 2 heterocycles. The molecule has 0 unspecified atom stereocenters. The molecular formula is C21H24N2O2. The lowest BCUT2D eigenvalue weighted by molar-refractivity contribution is -0.117. The first-order valence-corrected chi connectivity index (χ1v) is 9.09. The molecule has 1 atom stereocenters. The van der Waals surface area contributed by atoms with E-state index in [9.17, 15) is 4.79 Å². The summed E-state index contributed by atoms with van der Waals surface area (Å²) in [6.45, 7) is 4.65. The number of carbonyl (C=O) groups excluding carboxylic acids is 1. The molecule has 2 aromatic carbocycles. The van der Waals surface area contributed by atoms with Crippen LogP contribution >= 0.6 is 0 Å². The van der Waals surface area contributed by atoms with E-state index in [-0.39, 0.29) is 11.9 Å². The van der Waals surface area contributed by atoms with E-state index in [0.29, 0.717) is 6.42 Å². The minimum absolute atomic E-state index is 0.236. The maximum absolute atomic E-state index is 11.8. The number of carbonyl (C=O) groups is 1. The number of ether oxygens (including phenoxy) is 1. The first-order chi connectivity index (χ1) is 12.2. The first-order valence-electron chi connectivity index (χ1n) is 9.09. The van der Waals surface area contributed by atoms with Gasteiger partial charge in [-0.2, -0.15) is 0 Å². The topological polar surface area (TPSA) is 41.6 Å². The molecule has 0 aliphatic carbocycles.